The Morgan fingerprint density at radius 2 is 1.81 bits per heavy atom. The Balaban J connectivity index is 1.53. The molecule has 3 rings (SSSR count). The molecule has 2 N–H and O–H groups in total. The van der Waals surface area contributed by atoms with Crippen molar-refractivity contribution in [3.63, 3.8) is 0 Å². The van der Waals surface area contributed by atoms with E-state index in [4.69, 9.17) is 11.6 Å². The Kier molecular flexibility index (Phi) is 6.12. The summed E-state index contributed by atoms with van der Waals surface area (Å²) in [5.74, 6) is -0.241. The topological polar surface area (TPSA) is 61.4 Å². The first-order valence-corrected chi connectivity index (χ1v) is 9.13. The molecule has 5 nitrogen and oxygen atoms in total. The standard InChI is InChI=1S/C20H22ClN3O2/c21-18-11-5-4-7-15(18)13-22-19(25)16-8-6-12-24(14-16)20(26)23-17-9-2-1-3-10-17/h1-5,7,9-11,16H,6,8,12-14H2,(H,22,25)(H,23,26)/t16-/m1/s1. The summed E-state index contributed by atoms with van der Waals surface area (Å²) >= 11 is 6.12. The van der Waals surface area contributed by atoms with Crippen molar-refractivity contribution in [3.8, 4) is 0 Å². The summed E-state index contributed by atoms with van der Waals surface area (Å²) in [6.07, 6.45) is 1.59. The predicted octanol–water partition coefficient (Wildman–Crippen LogP) is 3.90. The molecular formula is C20H22ClN3O2. The number of hydrogen-bond acceptors (Lipinski definition) is 2. The lowest BCUT2D eigenvalue weighted by Gasteiger charge is -2.32. The molecule has 0 unspecified atom stereocenters. The average molecular weight is 372 g/mol. The van der Waals surface area contributed by atoms with Gasteiger partial charge in [-0.1, -0.05) is 48.0 Å². The molecule has 2 aromatic rings. The summed E-state index contributed by atoms with van der Waals surface area (Å²) in [6.45, 7) is 1.48. The molecule has 3 amide bonds. The minimum Gasteiger partial charge on any atom is -0.352 e. The Morgan fingerprint density at radius 1 is 1.08 bits per heavy atom. The zero-order valence-corrected chi connectivity index (χ0v) is 15.2. The number of likely N-dealkylation sites (tertiary alicyclic amines) is 1. The highest BCUT2D eigenvalue weighted by atomic mass is 35.5. The van der Waals surface area contributed by atoms with E-state index in [9.17, 15) is 9.59 Å². The van der Waals surface area contributed by atoms with Gasteiger partial charge < -0.3 is 15.5 Å². The molecule has 1 fully saturated rings. The van der Waals surface area contributed by atoms with Crippen LogP contribution in [-0.2, 0) is 11.3 Å². The SMILES string of the molecule is O=C(NCc1ccccc1Cl)[C@@H]1CCCN(C(=O)Nc2ccccc2)C1. The number of nitrogens with zero attached hydrogens (tertiary/aromatic N) is 1. The van der Waals surface area contributed by atoms with Crippen molar-refractivity contribution in [1.29, 1.82) is 0 Å². The highest BCUT2D eigenvalue weighted by Crippen LogP contribution is 2.19. The molecule has 0 aliphatic carbocycles. The molecule has 0 aromatic heterocycles. The van der Waals surface area contributed by atoms with Crippen LogP contribution < -0.4 is 10.6 Å². The molecule has 1 saturated heterocycles. The summed E-state index contributed by atoms with van der Waals surface area (Å²) < 4.78 is 0. The molecule has 2 aromatic carbocycles. The number of nitrogens with one attached hydrogen (secondary N) is 2. The Labute approximate surface area is 158 Å². The second kappa shape index (κ2) is 8.72. The van der Waals surface area contributed by atoms with E-state index in [2.05, 4.69) is 10.6 Å². The first-order valence-electron chi connectivity index (χ1n) is 8.75. The number of hydrogen-bond donors (Lipinski definition) is 2. The minimum atomic E-state index is -0.201. The monoisotopic (exact) mass is 371 g/mol. The van der Waals surface area contributed by atoms with Crippen molar-refractivity contribution in [1.82, 2.24) is 10.2 Å². The van der Waals surface area contributed by atoms with E-state index in [1.807, 2.05) is 48.5 Å². The normalized spacial score (nSPS) is 16.8. The van der Waals surface area contributed by atoms with Crippen molar-refractivity contribution in [3.05, 3.63) is 65.2 Å². The van der Waals surface area contributed by atoms with Crippen LogP contribution in [-0.4, -0.2) is 29.9 Å². The van der Waals surface area contributed by atoms with Crippen molar-refractivity contribution in [2.45, 2.75) is 19.4 Å². The second-order valence-corrected chi connectivity index (χ2v) is 6.80. The van der Waals surface area contributed by atoms with Gasteiger partial charge in [0.05, 0.1) is 5.92 Å². The number of halogens is 1. The van der Waals surface area contributed by atoms with Crippen molar-refractivity contribution in [2.75, 3.05) is 18.4 Å². The van der Waals surface area contributed by atoms with Gasteiger partial charge in [0, 0.05) is 30.3 Å². The summed E-state index contributed by atoms with van der Waals surface area (Å²) in [7, 11) is 0. The number of carbonyl (C=O) groups is 2. The quantitative estimate of drug-likeness (QED) is 0.856. The first kappa shape index (κ1) is 18.3. The van der Waals surface area contributed by atoms with Crippen molar-refractivity contribution < 1.29 is 9.59 Å². The van der Waals surface area contributed by atoms with Crippen LogP contribution in [0, 0.1) is 5.92 Å². The molecule has 0 spiro atoms. The third kappa shape index (κ3) is 4.76. The lowest BCUT2D eigenvalue weighted by molar-refractivity contribution is -0.126. The zero-order chi connectivity index (χ0) is 18.4. The Bertz CT molecular complexity index is 767. The zero-order valence-electron chi connectivity index (χ0n) is 14.5. The van der Waals surface area contributed by atoms with E-state index >= 15 is 0 Å². The molecule has 6 heteroatoms. The first-order chi connectivity index (χ1) is 12.6. The van der Waals surface area contributed by atoms with Gasteiger partial charge in [0.1, 0.15) is 0 Å². The number of anilines is 1. The van der Waals surface area contributed by atoms with Gasteiger partial charge in [0.15, 0.2) is 0 Å². The smallest absolute Gasteiger partial charge is 0.321 e. The number of benzene rings is 2. The highest BCUT2D eigenvalue weighted by molar-refractivity contribution is 6.31. The van der Waals surface area contributed by atoms with Gasteiger partial charge in [-0.25, -0.2) is 4.79 Å². The van der Waals surface area contributed by atoms with E-state index in [0.29, 0.717) is 24.7 Å². The number of carbonyl (C=O) groups excluding carboxylic acids is 2. The third-order valence-corrected chi connectivity index (χ3v) is 4.88. The summed E-state index contributed by atoms with van der Waals surface area (Å²) in [5.41, 5.74) is 1.64. The van der Waals surface area contributed by atoms with Crippen LogP contribution >= 0.6 is 11.6 Å². The van der Waals surface area contributed by atoms with E-state index in [-0.39, 0.29) is 17.9 Å². The van der Waals surface area contributed by atoms with E-state index in [1.54, 1.807) is 11.0 Å². The van der Waals surface area contributed by atoms with Gasteiger partial charge >= 0.3 is 6.03 Å². The highest BCUT2D eigenvalue weighted by Gasteiger charge is 2.28. The average Bonchev–Trinajstić information content (AvgIpc) is 2.68. The van der Waals surface area contributed by atoms with Gasteiger partial charge in [-0.15, -0.1) is 0 Å². The molecule has 1 aliphatic rings. The van der Waals surface area contributed by atoms with Crippen LogP contribution in [0.15, 0.2) is 54.6 Å². The predicted molar refractivity (Wildman–Crippen MR) is 103 cm³/mol. The summed E-state index contributed by atoms with van der Waals surface area (Å²) in [6, 6.07) is 16.6. The maximum Gasteiger partial charge on any atom is 0.321 e. The number of urea groups is 1. The molecule has 136 valence electrons. The molecule has 26 heavy (non-hydrogen) atoms. The van der Waals surface area contributed by atoms with Crippen molar-refractivity contribution >= 4 is 29.2 Å². The summed E-state index contributed by atoms with van der Waals surface area (Å²) in [5, 5.41) is 6.45. The molecular weight excluding hydrogens is 350 g/mol. The van der Waals surface area contributed by atoms with Crippen LogP contribution in [0.5, 0.6) is 0 Å². The minimum absolute atomic E-state index is 0.0397. The molecule has 1 heterocycles. The number of rotatable bonds is 4. The molecule has 1 aliphatic heterocycles. The van der Waals surface area contributed by atoms with Crippen LogP contribution in [0.2, 0.25) is 5.02 Å². The van der Waals surface area contributed by atoms with Gasteiger partial charge in [0.25, 0.3) is 0 Å². The van der Waals surface area contributed by atoms with Gasteiger partial charge in [0.2, 0.25) is 5.91 Å². The Morgan fingerprint density at radius 3 is 2.58 bits per heavy atom. The van der Waals surface area contributed by atoms with E-state index in [0.717, 1.165) is 24.1 Å². The molecule has 1 atom stereocenters. The van der Waals surface area contributed by atoms with Gasteiger partial charge in [-0.05, 0) is 36.6 Å². The molecule has 0 saturated carbocycles. The number of piperidine rings is 1. The van der Waals surface area contributed by atoms with Gasteiger partial charge in [-0.2, -0.15) is 0 Å². The molecule has 0 radical (unpaired) electrons. The van der Waals surface area contributed by atoms with Crippen LogP contribution in [0.4, 0.5) is 10.5 Å². The fourth-order valence-electron chi connectivity index (χ4n) is 3.07. The lowest BCUT2D eigenvalue weighted by Crippen LogP contribution is -2.46. The number of amides is 3. The second-order valence-electron chi connectivity index (χ2n) is 6.39. The van der Waals surface area contributed by atoms with Crippen LogP contribution in [0.25, 0.3) is 0 Å². The lowest BCUT2D eigenvalue weighted by atomic mass is 9.97. The van der Waals surface area contributed by atoms with Crippen molar-refractivity contribution in [2.24, 2.45) is 5.92 Å². The maximum absolute atomic E-state index is 12.5. The fourth-order valence-corrected chi connectivity index (χ4v) is 3.27. The number of para-hydroxylation sites is 1. The van der Waals surface area contributed by atoms with Crippen LogP contribution in [0.3, 0.4) is 0 Å². The summed E-state index contributed by atoms with van der Waals surface area (Å²) in [4.78, 5) is 26.6. The maximum atomic E-state index is 12.5. The van der Waals surface area contributed by atoms with Crippen LogP contribution in [0.1, 0.15) is 18.4 Å². The Hall–Kier alpha value is -2.53. The third-order valence-electron chi connectivity index (χ3n) is 4.52. The van der Waals surface area contributed by atoms with E-state index < -0.39 is 0 Å². The molecule has 0 bridgehead atoms. The fraction of sp³-hybridized carbons (Fsp3) is 0.300. The largest absolute Gasteiger partial charge is 0.352 e. The van der Waals surface area contributed by atoms with E-state index in [1.165, 1.54) is 0 Å². The van der Waals surface area contributed by atoms with Gasteiger partial charge in [-0.3, -0.25) is 4.79 Å².